The number of carbonyl (C=O) groups excluding carboxylic acids is 1. The van der Waals surface area contributed by atoms with Crippen molar-refractivity contribution in [2.24, 2.45) is 5.73 Å². The largest absolute Gasteiger partial charge is 0.354 e. The summed E-state index contributed by atoms with van der Waals surface area (Å²) in [5.74, 6) is 0.0897. The van der Waals surface area contributed by atoms with E-state index in [-0.39, 0.29) is 11.9 Å². The Morgan fingerprint density at radius 3 is 2.84 bits per heavy atom. The smallest absolute Gasteiger partial charge is 0.221 e. The van der Waals surface area contributed by atoms with Crippen molar-refractivity contribution in [3.63, 3.8) is 0 Å². The summed E-state index contributed by atoms with van der Waals surface area (Å²) in [5.41, 5.74) is 7.91. The third kappa shape index (κ3) is 3.35. The summed E-state index contributed by atoms with van der Waals surface area (Å²) in [6, 6.07) is 8.46. The van der Waals surface area contributed by atoms with E-state index in [9.17, 15) is 4.79 Å². The average Bonchev–Trinajstić information content (AvgIpc) is 2.77. The Morgan fingerprint density at radius 1 is 1.37 bits per heavy atom. The van der Waals surface area contributed by atoms with Gasteiger partial charge in [0.05, 0.1) is 0 Å². The monoisotopic (exact) mass is 259 g/mol. The highest BCUT2D eigenvalue weighted by molar-refractivity contribution is 5.81. The van der Waals surface area contributed by atoms with Gasteiger partial charge in [-0.2, -0.15) is 0 Å². The van der Waals surface area contributed by atoms with Gasteiger partial charge in [0.2, 0.25) is 5.91 Å². The number of nitrogens with one attached hydrogen (secondary N) is 1. The quantitative estimate of drug-likeness (QED) is 0.863. The van der Waals surface area contributed by atoms with E-state index in [1.807, 2.05) is 26.1 Å². The number of nitrogens with two attached hydrogens (primary N) is 1. The van der Waals surface area contributed by atoms with Crippen LogP contribution in [-0.2, 0) is 17.9 Å². The molecule has 0 unspecified atom stereocenters. The van der Waals surface area contributed by atoms with Gasteiger partial charge >= 0.3 is 0 Å². The molecule has 0 spiro atoms. The van der Waals surface area contributed by atoms with Crippen molar-refractivity contribution < 1.29 is 4.79 Å². The van der Waals surface area contributed by atoms with Crippen LogP contribution in [0.2, 0.25) is 0 Å². The lowest BCUT2D eigenvalue weighted by atomic mass is 10.1. The number of benzene rings is 1. The topological polar surface area (TPSA) is 60.0 Å². The second kappa shape index (κ2) is 5.89. The van der Waals surface area contributed by atoms with Crippen LogP contribution in [0.4, 0.5) is 0 Å². The minimum absolute atomic E-state index is 0.0897. The number of hydrogen-bond donors (Lipinski definition) is 2. The summed E-state index contributed by atoms with van der Waals surface area (Å²) < 4.78 is 2.11. The Morgan fingerprint density at radius 2 is 2.16 bits per heavy atom. The van der Waals surface area contributed by atoms with E-state index < -0.39 is 0 Å². The summed E-state index contributed by atoms with van der Waals surface area (Å²) in [7, 11) is 0. The standard InChI is InChI=1S/C15H21N3O/c1-11(2)17-15(19)6-8-18-7-5-13-4-3-12(10-16)9-14(13)18/h3-5,7,9,11H,6,8,10,16H2,1-2H3,(H,17,19). The molecule has 4 nitrogen and oxygen atoms in total. The van der Waals surface area contributed by atoms with Gasteiger partial charge in [-0.05, 0) is 36.9 Å². The molecule has 1 amide bonds. The van der Waals surface area contributed by atoms with E-state index >= 15 is 0 Å². The fraction of sp³-hybridized carbons (Fsp3) is 0.400. The zero-order valence-electron chi connectivity index (χ0n) is 11.5. The van der Waals surface area contributed by atoms with Crippen LogP contribution in [0, 0.1) is 0 Å². The van der Waals surface area contributed by atoms with Gasteiger partial charge < -0.3 is 15.6 Å². The van der Waals surface area contributed by atoms with Crippen LogP contribution in [0.1, 0.15) is 25.8 Å². The van der Waals surface area contributed by atoms with Gasteiger partial charge in [-0.3, -0.25) is 4.79 Å². The zero-order chi connectivity index (χ0) is 13.8. The third-order valence-corrected chi connectivity index (χ3v) is 3.10. The van der Waals surface area contributed by atoms with Gasteiger partial charge in [-0.15, -0.1) is 0 Å². The van der Waals surface area contributed by atoms with Crippen LogP contribution in [0.3, 0.4) is 0 Å². The van der Waals surface area contributed by atoms with Gasteiger partial charge in [-0.25, -0.2) is 0 Å². The van der Waals surface area contributed by atoms with E-state index in [1.54, 1.807) is 0 Å². The van der Waals surface area contributed by atoms with Crippen LogP contribution in [0.15, 0.2) is 30.5 Å². The van der Waals surface area contributed by atoms with E-state index in [0.29, 0.717) is 19.5 Å². The van der Waals surface area contributed by atoms with E-state index in [1.165, 1.54) is 5.39 Å². The van der Waals surface area contributed by atoms with Gasteiger partial charge in [-0.1, -0.05) is 12.1 Å². The fourth-order valence-electron chi connectivity index (χ4n) is 2.17. The van der Waals surface area contributed by atoms with Crippen molar-refractivity contribution in [1.82, 2.24) is 9.88 Å². The number of aromatic nitrogens is 1. The lowest BCUT2D eigenvalue weighted by Gasteiger charge is -2.09. The second-order valence-electron chi connectivity index (χ2n) is 5.08. The van der Waals surface area contributed by atoms with Crippen LogP contribution in [-0.4, -0.2) is 16.5 Å². The molecule has 0 aliphatic rings. The maximum absolute atomic E-state index is 11.7. The average molecular weight is 259 g/mol. The molecule has 0 bridgehead atoms. The van der Waals surface area contributed by atoms with Crippen LogP contribution in [0.25, 0.3) is 10.9 Å². The lowest BCUT2D eigenvalue weighted by Crippen LogP contribution is -2.30. The molecule has 4 heteroatoms. The maximum Gasteiger partial charge on any atom is 0.221 e. The highest BCUT2D eigenvalue weighted by Gasteiger charge is 2.06. The summed E-state index contributed by atoms with van der Waals surface area (Å²) in [6.45, 7) is 5.16. The molecule has 2 aromatic rings. The molecule has 0 radical (unpaired) electrons. The van der Waals surface area contributed by atoms with E-state index in [2.05, 4.69) is 28.1 Å². The van der Waals surface area contributed by atoms with Crippen molar-refractivity contribution in [3.05, 3.63) is 36.0 Å². The molecule has 2 rings (SSSR count). The molecule has 1 heterocycles. The molecule has 1 aromatic heterocycles. The number of hydrogen-bond acceptors (Lipinski definition) is 2. The fourth-order valence-corrected chi connectivity index (χ4v) is 2.17. The van der Waals surface area contributed by atoms with Crippen molar-refractivity contribution in [3.8, 4) is 0 Å². The minimum Gasteiger partial charge on any atom is -0.354 e. The predicted octanol–water partition coefficient (Wildman–Crippen LogP) is 2.01. The van der Waals surface area contributed by atoms with Crippen molar-refractivity contribution in [2.75, 3.05) is 0 Å². The molecule has 0 saturated carbocycles. The molecular weight excluding hydrogens is 238 g/mol. The zero-order valence-corrected chi connectivity index (χ0v) is 11.5. The maximum atomic E-state index is 11.7. The van der Waals surface area contributed by atoms with E-state index in [4.69, 9.17) is 5.73 Å². The number of aryl methyl sites for hydroxylation is 1. The number of carbonyl (C=O) groups is 1. The molecule has 0 fully saturated rings. The Balaban J connectivity index is 2.10. The first-order chi connectivity index (χ1) is 9.10. The molecule has 0 saturated heterocycles. The lowest BCUT2D eigenvalue weighted by molar-refractivity contribution is -0.121. The molecule has 0 aliphatic heterocycles. The van der Waals surface area contributed by atoms with Crippen molar-refractivity contribution in [1.29, 1.82) is 0 Å². The highest BCUT2D eigenvalue weighted by atomic mass is 16.1. The predicted molar refractivity (Wildman–Crippen MR) is 77.7 cm³/mol. The Bertz CT molecular complexity index is 572. The first-order valence-corrected chi connectivity index (χ1v) is 6.67. The van der Waals surface area contributed by atoms with E-state index in [0.717, 1.165) is 11.1 Å². The third-order valence-electron chi connectivity index (χ3n) is 3.10. The number of rotatable bonds is 5. The summed E-state index contributed by atoms with van der Waals surface area (Å²) in [6.07, 6.45) is 2.52. The van der Waals surface area contributed by atoms with Crippen molar-refractivity contribution >= 4 is 16.8 Å². The molecule has 1 aromatic carbocycles. The van der Waals surface area contributed by atoms with Crippen LogP contribution >= 0.6 is 0 Å². The first kappa shape index (κ1) is 13.6. The first-order valence-electron chi connectivity index (χ1n) is 6.67. The van der Waals surface area contributed by atoms with Gasteiger partial charge in [0.15, 0.2) is 0 Å². The molecule has 0 atom stereocenters. The van der Waals surface area contributed by atoms with Crippen LogP contribution in [0.5, 0.6) is 0 Å². The Kier molecular flexibility index (Phi) is 4.22. The number of amides is 1. The number of nitrogens with zero attached hydrogens (tertiary/aromatic N) is 1. The Hall–Kier alpha value is -1.81. The second-order valence-corrected chi connectivity index (χ2v) is 5.08. The molecule has 102 valence electrons. The summed E-state index contributed by atoms with van der Waals surface area (Å²) in [5, 5.41) is 4.09. The molecule has 19 heavy (non-hydrogen) atoms. The van der Waals surface area contributed by atoms with Gasteiger partial charge in [0, 0.05) is 37.3 Å². The SMILES string of the molecule is CC(C)NC(=O)CCn1ccc2ccc(CN)cc21. The Labute approximate surface area is 113 Å². The summed E-state index contributed by atoms with van der Waals surface area (Å²) in [4.78, 5) is 11.7. The summed E-state index contributed by atoms with van der Waals surface area (Å²) >= 11 is 0. The molecule has 0 aliphatic carbocycles. The minimum atomic E-state index is 0.0897. The molecular formula is C15H21N3O. The van der Waals surface area contributed by atoms with Crippen LogP contribution < -0.4 is 11.1 Å². The van der Waals surface area contributed by atoms with Crippen molar-refractivity contribution in [2.45, 2.75) is 39.4 Å². The highest BCUT2D eigenvalue weighted by Crippen LogP contribution is 2.18. The van der Waals surface area contributed by atoms with Gasteiger partial charge in [0.1, 0.15) is 0 Å². The van der Waals surface area contributed by atoms with Gasteiger partial charge in [0.25, 0.3) is 0 Å². The molecule has 3 N–H and O–H groups in total. The number of fused-ring (bicyclic) bond motifs is 1. The normalized spacial score (nSPS) is 11.2.